The smallest absolute Gasteiger partial charge is 0.416 e. The van der Waals surface area contributed by atoms with Crippen LogP contribution in [-0.2, 0) is 17.4 Å². The van der Waals surface area contributed by atoms with E-state index in [0.29, 0.717) is 16.8 Å². The average Bonchev–Trinajstić information content (AvgIpc) is 2.95. The van der Waals surface area contributed by atoms with Crippen LogP contribution in [0.3, 0.4) is 0 Å². The SMILES string of the molecule is COc1ccccc1CC(=O)Nc1nc2ccc(C(F)(F)F)cc2[nH]1. The van der Waals surface area contributed by atoms with Crippen LogP contribution in [0.1, 0.15) is 11.1 Å². The third-order valence-corrected chi connectivity index (χ3v) is 3.61. The van der Waals surface area contributed by atoms with Crippen LogP contribution in [0.2, 0.25) is 0 Å². The molecule has 2 aromatic carbocycles. The highest BCUT2D eigenvalue weighted by atomic mass is 19.4. The fraction of sp³-hybridized carbons (Fsp3) is 0.176. The Morgan fingerprint density at radius 1 is 1.24 bits per heavy atom. The second-order valence-electron chi connectivity index (χ2n) is 5.35. The van der Waals surface area contributed by atoms with Gasteiger partial charge in [-0.05, 0) is 24.3 Å². The molecule has 1 amide bonds. The number of ether oxygens (including phenoxy) is 1. The van der Waals surface area contributed by atoms with Gasteiger partial charge in [0.05, 0.1) is 30.1 Å². The maximum Gasteiger partial charge on any atom is 0.416 e. The lowest BCUT2D eigenvalue weighted by Gasteiger charge is -2.07. The maximum absolute atomic E-state index is 12.7. The molecular formula is C17H14F3N3O2. The number of halogens is 3. The van der Waals surface area contributed by atoms with Crippen molar-refractivity contribution in [1.29, 1.82) is 0 Å². The fourth-order valence-electron chi connectivity index (χ4n) is 2.44. The number of nitrogens with zero attached hydrogens (tertiary/aromatic N) is 1. The number of imidazole rings is 1. The second-order valence-corrected chi connectivity index (χ2v) is 5.35. The van der Waals surface area contributed by atoms with E-state index in [0.717, 1.165) is 12.1 Å². The minimum atomic E-state index is -4.44. The number of amides is 1. The lowest BCUT2D eigenvalue weighted by Crippen LogP contribution is -2.15. The highest BCUT2D eigenvalue weighted by molar-refractivity contribution is 5.92. The zero-order chi connectivity index (χ0) is 18.0. The summed E-state index contributed by atoms with van der Waals surface area (Å²) in [5.41, 5.74) is 0.441. The van der Waals surface area contributed by atoms with Crippen molar-refractivity contribution >= 4 is 22.9 Å². The molecule has 1 aromatic heterocycles. The number of H-pyrrole nitrogens is 1. The van der Waals surface area contributed by atoms with Crippen LogP contribution in [-0.4, -0.2) is 23.0 Å². The Labute approximate surface area is 140 Å². The third kappa shape index (κ3) is 3.73. The zero-order valence-electron chi connectivity index (χ0n) is 13.1. The second kappa shape index (κ2) is 6.46. The van der Waals surface area contributed by atoms with E-state index in [1.807, 2.05) is 0 Å². The maximum atomic E-state index is 12.7. The van der Waals surface area contributed by atoms with Gasteiger partial charge in [-0.3, -0.25) is 10.1 Å². The van der Waals surface area contributed by atoms with E-state index in [1.165, 1.54) is 13.2 Å². The molecule has 2 N–H and O–H groups in total. The van der Waals surface area contributed by atoms with Crippen LogP contribution in [0.25, 0.3) is 11.0 Å². The average molecular weight is 349 g/mol. The molecule has 3 rings (SSSR count). The van der Waals surface area contributed by atoms with Gasteiger partial charge < -0.3 is 9.72 Å². The van der Waals surface area contributed by atoms with E-state index >= 15 is 0 Å². The summed E-state index contributed by atoms with van der Waals surface area (Å²) in [6.45, 7) is 0. The molecule has 1 heterocycles. The molecule has 0 bridgehead atoms. The number of carbonyl (C=O) groups is 1. The number of methoxy groups -OCH3 is 1. The molecule has 0 radical (unpaired) electrons. The van der Waals surface area contributed by atoms with Crippen molar-refractivity contribution in [3.05, 3.63) is 53.6 Å². The topological polar surface area (TPSA) is 67.0 Å². The highest BCUT2D eigenvalue weighted by Gasteiger charge is 2.30. The molecule has 8 heteroatoms. The molecule has 0 spiro atoms. The van der Waals surface area contributed by atoms with Gasteiger partial charge in [0.15, 0.2) is 0 Å². The lowest BCUT2D eigenvalue weighted by molar-refractivity contribution is -0.137. The van der Waals surface area contributed by atoms with Crippen molar-refractivity contribution in [2.45, 2.75) is 12.6 Å². The molecule has 25 heavy (non-hydrogen) atoms. The van der Waals surface area contributed by atoms with Crippen molar-refractivity contribution in [3.8, 4) is 5.75 Å². The van der Waals surface area contributed by atoms with E-state index in [4.69, 9.17) is 4.74 Å². The largest absolute Gasteiger partial charge is 0.496 e. The van der Waals surface area contributed by atoms with E-state index in [9.17, 15) is 18.0 Å². The Hall–Kier alpha value is -3.03. The van der Waals surface area contributed by atoms with E-state index < -0.39 is 11.7 Å². The van der Waals surface area contributed by atoms with E-state index in [-0.39, 0.29) is 23.8 Å². The predicted octanol–water partition coefficient (Wildman–Crippen LogP) is 3.77. The minimum Gasteiger partial charge on any atom is -0.496 e. The summed E-state index contributed by atoms with van der Waals surface area (Å²) < 4.78 is 43.4. The molecule has 0 aliphatic heterocycles. The van der Waals surface area contributed by atoms with Gasteiger partial charge in [-0.1, -0.05) is 18.2 Å². The van der Waals surface area contributed by atoms with Crippen LogP contribution >= 0.6 is 0 Å². The Balaban J connectivity index is 1.77. The number of aromatic nitrogens is 2. The molecule has 130 valence electrons. The van der Waals surface area contributed by atoms with Crippen molar-refractivity contribution in [3.63, 3.8) is 0 Å². The summed E-state index contributed by atoms with van der Waals surface area (Å²) in [4.78, 5) is 18.9. The van der Waals surface area contributed by atoms with E-state index in [1.54, 1.807) is 24.3 Å². The zero-order valence-corrected chi connectivity index (χ0v) is 13.1. The first-order valence-corrected chi connectivity index (χ1v) is 7.35. The number of anilines is 1. The highest BCUT2D eigenvalue weighted by Crippen LogP contribution is 2.31. The van der Waals surface area contributed by atoms with Gasteiger partial charge >= 0.3 is 6.18 Å². The molecule has 0 fully saturated rings. The Kier molecular flexibility index (Phi) is 4.35. The first kappa shape index (κ1) is 16.8. The first-order valence-electron chi connectivity index (χ1n) is 7.35. The van der Waals surface area contributed by atoms with Gasteiger partial charge in [-0.15, -0.1) is 0 Å². The van der Waals surface area contributed by atoms with Gasteiger partial charge in [0.2, 0.25) is 11.9 Å². The van der Waals surface area contributed by atoms with Crippen LogP contribution in [0, 0.1) is 0 Å². The number of alkyl halides is 3. The number of hydrogen-bond donors (Lipinski definition) is 2. The quantitative estimate of drug-likeness (QED) is 0.753. The Morgan fingerprint density at radius 3 is 2.72 bits per heavy atom. The lowest BCUT2D eigenvalue weighted by atomic mass is 10.1. The summed E-state index contributed by atoms with van der Waals surface area (Å²) in [5, 5.41) is 2.55. The van der Waals surface area contributed by atoms with Crippen LogP contribution in [0.4, 0.5) is 19.1 Å². The molecule has 5 nitrogen and oxygen atoms in total. The Morgan fingerprint density at radius 2 is 2.00 bits per heavy atom. The number of hydrogen-bond acceptors (Lipinski definition) is 3. The van der Waals surface area contributed by atoms with Crippen molar-refractivity contribution in [1.82, 2.24) is 9.97 Å². The number of aromatic amines is 1. The predicted molar refractivity (Wildman–Crippen MR) is 86.4 cm³/mol. The number of nitrogens with one attached hydrogen (secondary N) is 2. The number of rotatable bonds is 4. The van der Waals surface area contributed by atoms with Crippen molar-refractivity contribution in [2.24, 2.45) is 0 Å². The fourth-order valence-corrected chi connectivity index (χ4v) is 2.44. The van der Waals surface area contributed by atoms with Gasteiger partial charge in [0, 0.05) is 5.56 Å². The van der Waals surface area contributed by atoms with E-state index in [2.05, 4.69) is 15.3 Å². The summed E-state index contributed by atoms with van der Waals surface area (Å²) in [6, 6.07) is 10.2. The molecule has 0 aliphatic carbocycles. The summed E-state index contributed by atoms with van der Waals surface area (Å²) >= 11 is 0. The number of benzene rings is 2. The Bertz CT molecular complexity index is 919. The molecular weight excluding hydrogens is 335 g/mol. The molecule has 0 saturated heterocycles. The van der Waals surface area contributed by atoms with Gasteiger partial charge in [0.25, 0.3) is 0 Å². The molecule has 0 atom stereocenters. The van der Waals surface area contributed by atoms with Crippen molar-refractivity contribution in [2.75, 3.05) is 12.4 Å². The molecule has 3 aromatic rings. The summed E-state index contributed by atoms with van der Waals surface area (Å²) in [5.74, 6) is 0.311. The normalized spacial score (nSPS) is 11.5. The minimum absolute atomic E-state index is 0.0505. The monoisotopic (exact) mass is 349 g/mol. The molecule has 0 unspecified atom stereocenters. The third-order valence-electron chi connectivity index (χ3n) is 3.61. The molecule has 0 aliphatic rings. The van der Waals surface area contributed by atoms with Gasteiger partial charge in [0.1, 0.15) is 5.75 Å². The van der Waals surface area contributed by atoms with Gasteiger partial charge in [-0.2, -0.15) is 13.2 Å². The summed E-state index contributed by atoms with van der Waals surface area (Å²) in [6.07, 6.45) is -4.39. The number of fused-ring (bicyclic) bond motifs is 1. The van der Waals surface area contributed by atoms with Crippen LogP contribution in [0.15, 0.2) is 42.5 Å². The van der Waals surface area contributed by atoms with Crippen LogP contribution < -0.4 is 10.1 Å². The van der Waals surface area contributed by atoms with Gasteiger partial charge in [-0.25, -0.2) is 4.98 Å². The summed E-state index contributed by atoms with van der Waals surface area (Å²) in [7, 11) is 1.51. The van der Waals surface area contributed by atoms with Crippen molar-refractivity contribution < 1.29 is 22.7 Å². The molecule has 0 saturated carbocycles. The first-order chi connectivity index (χ1) is 11.9. The van der Waals surface area contributed by atoms with Crippen LogP contribution in [0.5, 0.6) is 5.75 Å². The number of carbonyl (C=O) groups excluding carboxylic acids is 1. The standard InChI is InChI=1S/C17H14F3N3O2/c1-25-14-5-3-2-4-10(14)8-15(24)23-16-21-12-7-6-11(17(18,19)20)9-13(12)22-16/h2-7,9H,8H2,1H3,(H2,21,22,23,24). The number of para-hydroxylation sites is 1.